The fraction of sp³-hybridized carbons (Fsp3) is 0.500. The summed E-state index contributed by atoms with van der Waals surface area (Å²) in [6.07, 6.45) is 4.87. The van der Waals surface area contributed by atoms with E-state index in [4.69, 9.17) is 5.11 Å². The van der Waals surface area contributed by atoms with E-state index in [9.17, 15) is 0 Å². The third kappa shape index (κ3) is 5.31. The molecule has 0 saturated carbocycles. The van der Waals surface area contributed by atoms with Gasteiger partial charge in [0.15, 0.2) is 0 Å². The molecule has 0 aromatic heterocycles. The first-order valence-corrected chi connectivity index (χ1v) is 3.19. The van der Waals surface area contributed by atoms with Crippen molar-refractivity contribution in [1.82, 2.24) is 0 Å². The molecule has 52 valence electrons. The van der Waals surface area contributed by atoms with Gasteiger partial charge in [-0.3, -0.25) is 0 Å². The van der Waals surface area contributed by atoms with Crippen LogP contribution in [0, 0.1) is 0 Å². The highest BCUT2D eigenvalue weighted by Crippen LogP contribution is 2.03. The first-order valence-electron chi connectivity index (χ1n) is 3.19. The van der Waals surface area contributed by atoms with Gasteiger partial charge in [0.2, 0.25) is 0 Å². The number of allylic oxidation sites excluding steroid dienone is 1. The molecule has 0 amide bonds. The average Bonchev–Trinajstić information content (AvgIpc) is 1.89. The summed E-state index contributed by atoms with van der Waals surface area (Å²) >= 11 is 0. The van der Waals surface area contributed by atoms with Crippen molar-refractivity contribution in [3.8, 4) is 0 Å². The Balaban J connectivity index is 3.06. The quantitative estimate of drug-likeness (QED) is 0.440. The summed E-state index contributed by atoms with van der Waals surface area (Å²) in [5.41, 5.74) is 0.914. The van der Waals surface area contributed by atoms with Gasteiger partial charge in [-0.2, -0.15) is 0 Å². The van der Waals surface area contributed by atoms with Crippen LogP contribution in [0.1, 0.15) is 19.3 Å². The van der Waals surface area contributed by atoms with E-state index in [1.807, 2.05) is 6.08 Å². The van der Waals surface area contributed by atoms with Crippen LogP contribution in [0.25, 0.3) is 0 Å². The Morgan fingerprint density at radius 2 is 2.22 bits per heavy atom. The molecule has 0 bridgehead atoms. The molecule has 1 N–H and O–H groups in total. The van der Waals surface area contributed by atoms with Crippen LogP contribution in [-0.4, -0.2) is 11.7 Å². The lowest BCUT2D eigenvalue weighted by Crippen LogP contribution is -1.86. The Bertz CT molecular complexity index is 94.7. The summed E-state index contributed by atoms with van der Waals surface area (Å²) in [5, 5.41) is 8.51. The van der Waals surface area contributed by atoms with E-state index in [-0.39, 0.29) is 6.61 Å². The lowest BCUT2D eigenvalue weighted by molar-refractivity contribution is 0.326. The number of hydrogen-bond acceptors (Lipinski definition) is 1. The fourth-order valence-corrected chi connectivity index (χ4v) is 0.575. The second-order valence-corrected chi connectivity index (χ2v) is 2.09. The molecule has 0 unspecified atom stereocenters. The highest BCUT2D eigenvalue weighted by Gasteiger charge is 1.88. The second-order valence-electron chi connectivity index (χ2n) is 2.09. The molecular formula is C8H14O. The Labute approximate surface area is 56.7 Å². The van der Waals surface area contributed by atoms with Crippen LogP contribution in [-0.2, 0) is 0 Å². The van der Waals surface area contributed by atoms with E-state index < -0.39 is 0 Å². The molecule has 9 heavy (non-hydrogen) atoms. The van der Waals surface area contributed by atoms with Crippen LogP contribution in [0.15, 0.2) is 24.8 Å². The summed E-state index contributed by atoms with van der Waals surface area (Å²) in [6.45, 7) is 7.37. The maximum absolute atomic E-state index is 8.51. The van der Waals surface area contributed by atoms with Crippen molar-refractivity contribution in [2.24, 2.45) is 0 Å². The predicted molar refractivity (Wildman–Crippen MR) is 40.3 cm³/mol. The Kier molecular flexibility index (Phi) is 5.23. The molecule has 0 fully saturated rings. The molecule has 0 saturated heterocycles. The monoisotopic (exact) mass is 126 g/mol. The van der Waals surface area contributed by atoms with E-state index in [0.29, 0.717) is 0 Å². The third-order valence-electron chi connectivity index (χ3n) is 1.16. The van der Waals surface area contributed by atoms with Gasteiger partial charge in [0, 0.05) is 0 Å². The molecular weight excluding hydrogens is 112 g/mol. The van der Waals surface area contributed by atoms with Crippen molar-refractivity contribution in [2.45, 2.75) is 19.3 Å². The number of aliphatic hydroxyl groups is 1. The molecule has 0 spiro atoms. The lowest BCUT2D eigenvalue weighted by Gasteiger charge is -1.97. The molecule has 0 aliphatic heterocycles. The minimum absolute atomic E-state index is 0.122. The molecule has 0 aliphatic rings. The van der Waals surface area contributed by atoms with Gasteiger partial charge in [0.05, 0.1) is 6.61 Å². The zero-order chi connectivity index (χ0) is 7.11. The third-order valence-corrected chi connectivity index (χ3v) is 1.16. The Morgan fingerprint density at radius 1 is 1.56 bits per heavy atom. The van der Waals surface area contributed by atoms with Crippen LogP contribution < -0.4 is 0 Å². The SMILES string of the molecule is C=CCCCC(=C)CO. The van der Waals surface area contributed by atoms with E-state index in [2.05, 4.69) is 13.2 Å². The smallest absolute Gasteiger partial charge is 0.0639 e. The maximum Gasteiger partial charge on any atom is 0.0639 e. The van der Waals surface area contributed by atoms with Crippen molar-refractivity contribution in [3.63, 3.8) is 0 Å². The van der Waals surface area contributed by atoms with Gasteiger partial charge in [-0.1, -0.05) is 18.2 Å². The van der Waals surface area contributed by atoms with E-state index in [0.717, 1.165) is 24.8 Å². The van der Waals surface area contributed by atoms with Crippen molar-refractivity contribution < 1.29 is 5.11 Å². The van der Waals surface area contributed by atoms with Crippen molar-refractivity contribution in [1.29, 1.82) is 0 Å². The van der Waals surface area contributed by atoms with Crippen LogP contribution in [0.3, 0.4) is 0 Å². The topological polar surface area (TPSA) is 20.2 Å². The summed E-state index contributed by atoms with van der Waals surface area (Å²) in [4.78, 5) is 0. The molecule has 1 nitrogen and oxygen atoms in total. The molecule has 1 heteroatoms. The van der Waals surface area contributed by atoms with E-state index in [1.165, 1.54) is 0 Å². The minimum atomic E-state index is 0.122. The number of rotatable bonds is 5. The van der Waals surface area contributed by atoms with Gasteiger partial charge in [-0.25, -0.2) is 0 Å². The van der Waals surface area contributed by atoms with Crippen molar-refractivity contribution >= 4 is 0 Å². The van der Waals surface area contributed by atoms with E-state index >= 15 is 0 Å². The second kappa shape index (κ2) is 5.57. The zero-order valence-corrected chi connectivity index (χ0v) is 5.77. The molecule has 0 aliphatic carbocycles. The number of hydrogen-bond donors (Lipinski definition) is 1. The summed E-state index contributed by atoms with van der Waals surface area (Å²) in [5.74, 6) is 0. The minimum Gasteiger partial charge on any atom is -0.392 e. The van der Waals surface area contributed by atoms with Crippen LogP contribution in [0.2, 0.25) is 0 Å². The summed E-state index contributed by atoms with van der Waals surface area (Å²) in [7, 11) is 0. The van der Waals surface area contributed by atoms with Crippen LogP contribution >= 0.6 is 0 Å². The Morgan fingerprint density at radius 3 is 2.67 bits per heavy atom. The van der Waals surface area contributed by atoms with Gasteiger partial charge in [0.1, 0.15) is 0 Å². The lowest BCUT2D eigenvalue weighted by atomic mass is 10.1. The first-order chi connectivity index (χ1) is 4.31. The predicted octanol–water partition coefficient (Wildman–Crippen LogP) is 1.89. The molecule has 0 atom stereocenters. The number of aliphatic hydroxyl groups excluding tert-OH is 1. The molecule has 0 heterocycles. The van der Waals surface area contributed by atoms with E-state index in [1.54, 1.807) is 0 Å². The maximum atomic E-state index is 8.51. The average molecular weight is 126 g/mol. The number of unbranched alkanes of at least 4 members (excludes halogenated alkanes) is 1. The fourth-order valence-electron chi connectivity index (χ4n) is 0.575. The van der Waals surface area contributed by atoms with Crippen LogP contribution in [0.4, 0.5) is 0 Å². The van der Waals surface area contributed by atoms with Crippen molar-refractivity contribution in [3.05, 3.63) is 24.8 Å². The molecule has 0 rings (SSSR count). The molecule has 0 radical (unpaired) electrons. The highest BCUT2D eigenvalue weighted by atomic mass is 16.3. The van der Waals surface area contributed by atoms with Gasteiger partial charge < -0.3 is 5.11 Å². The van der Waals surface area contributed by atoms with Gasteiger partial charge in [-0.15, -0.1) is 6.58 Å². The Hall–Kier alpha value is -0.560. The highest BCUT2D eigenvalue weighted by molar-refractivity contribution is 4.93. The summed E-state index contributed by atoms with van der Waals surface area (Å²) in [6, 6.07) is 0. The first kappa shape index (κ1) is 8.44. The standard InChI is InChI=1S/C8H14O/c1-3-4-5-6-8(2)7-9/h3,9H,1-2,4-7H2. The largest absolute Gasteiger partial charge is 0.392 e. The zero-order valence-electron chi connectivity index (χ0n) is 5.77. The van der Waals surface area contributed by atoms with Gasteiger partial charge in [-0.05, 0) is 19.3 Å². The molecule has 0 aromatic carbocycles. The van der Waals surface area contributed by atoms with Gasteiger partial charge in [0.25, 0.3) is 0 Å². The summed E-state index contributed by atoms with van der Waals surface area (Å²) < 4.78 is 0. The molecule has 0 aromatic rings. The normalized spacial score (nSPS) is 9.00. The van der Waals surface area contributed by atoms with Gasteiger partial charge >= 0.3 is 0 Å². The van der Waals surface area contributed by atoms with Crippen LogP contribution in [0.5, 0.6) is 0 Å². The van der Waals surface area contributed by atoms with Crippen molar-refractivity contribution in [2.75, 3.05) is 6.61 Å².